The highest BCUT2D eigenvalue weighted by molar-refractivity contribution is 5.40. The third kappa shape index (κ3) is 1.74. The molecule has 0 aromatic carbocycles. The minimum Gasteiger partial charge on any atom is -0.396 e. The summed E-state index contributed by atoms with van der Waals surface area (Å²) in [5, 5.41) is 9.32. The lowest BCUT2D eigenvalue weighted by Gasteiger charge is -2.45. The summed E-state index contributed by atoms with van der Waals surface area (Å²) in [6.07, 6.45) is 10.9. The molecule has 0 bridgehead atoms. The zero-order chi connectivity index (χ0) is 11.0. The highest BCUT2D eigenvalue weighted by Crippen LogP contribution is 2.37. The first-order valence-corrected chi connectivity index (χ1v) is 6.63. The molecule has 2 heteroatoms. The van der Waals surface area contributed by atoms with Crippen molar-refractivity contribution in [3.8, 4) is 0 Å². The van der Waals surface area contributed by atoms with Crippen molar-refractivity contribution in [3.63, 3.8) is 0 Å². The molecule has 16 heavy (non-hydrogen) atoms. The highest BCUT2D eigenvalue weighted by Gasteiger charge is 2.34. The number of aliphatic hydroxyl groups excluding tert-OH is 1. The Morgan fingerprint density at radius 2 is 2.12 bits per heavy atom. The summed E-state index contributed by atoms with van der Waals surface area (Å²) in [5.41, 5.74) is 3.20. The van der Waals surface area contributed by atoms with Gasteiger partial charge in [-0.05, 0) is 55.7 Å². The van der Waals surface area contributed by atoms with Gasteiger partial charge in [0.1, 0.15) is 0 Å². The normalized spacial score (nSPS) is 34.8. The van der Waals surface area contributed by atoms with Crippen molar-refractivity contribution in [1.82, 2.24) is 4.90 Å². The molecule has 0 saturated carbocycles. The molecule has 2 heterocycles. The van der Waals surface area contributed by atoms with Crippen LogP contribution < -0.4 is 0 Å². The van der Waals surface area contributed by atoms with Crippen molar-refractivity contribution in [2.24, 2.45) is 5.92 Å². The Morgan fingerprint density at radius 3 is 3.00 bits per heavy atom. The molecule has 1 N–H and O–H groups in total. The van der Waals surface area contributed by atoms with Gasteiger partial charge in [0.25, 0.3) is 0 Å². The van der Waals surface area contributed by atoms with Gasteiger partial charge in [-0.1, -0.05) is 12.2 Å². The second kappa shape index (κ2) is 4.34. The zero-order valence-electron chi connectivity index (χ0n) is 9.86. The van der Waals surface area contributed by atoms with Crippen LogP contribution in [-0.4, -0.2) is 35.7 Å². The Kier molecular flexibility index (Phi) is 2.86. The van der Waals surface area contributed by atoms with Gasteiger partial charge in [-0.2, -0.15) is 0 Å². The van der Waals surface area contributed by atoms with Crippen LogP contribution in [0.15, 0.2) is 23.3 Å². The van der Waals surface area contributed by atoms with Crippen molar-refractivity contribution in [1.29, 1.82) is 0 Å². The predicted octanol–water partition coefficient (Wildman–Crippen LogP) is 2.11. The number of nitrogens with zero attached hydrogens (tertiary/aromatic N) is 1. The molecular weight excluding hydrogens is 198 g/mol. The maximum atomic E-state index is 9.32. The number of piperidine rings is 2. The highest BCUT2D eigenvalue weighted by atomic mass is 16.3. The van der Waals surface area contributed by atoms with E-state index in [0.29, 0.717) is 18.6 Å². The van der Waals surface area contributed by atoms with Crippen molar-refractivity contribution >= 4 is 0 Å². The van der Waals surface area contributed by atoms with E-state index in [4.69, 9.17) is 0 Å². The van der Waals surface area contributed by atoms with E-state index in [-0.39, 0.29) is 0 Å². The van der Waals surface area contributed by atoms with Crippen LogP contribution in [0.5, 0.6) is 0 Å². The average Bonchev–Trinajstić information content (AvgIpc) is 2.38. The fraction of sp³-hybridized carbons (Fsp3) is 0.714. The van der Waals surface area contributed by atoms with Gasteiger partial charge in [0.2, 0.25) is 0 Å². The first-order valence-electron chi connectivity index (χ1n) is 6.63. The molecule has 0 spiro atoms. The Labute approximate surface area is 97.6 Å². The van der Waals surface area contributed by atoms with Crippen molar-refractivity contribution < 1.29 is 5.11 Å². The Bertz CT molecular complexity index is 332. The van der Waals surface area contributed by atoms with E-state index in [0.717, 1.165) is 0 Å². The number of hydrogen-bond acceptors (Lipinski definition) is 2. The summed E-state index contributed by atoms with van der Waals surface area (Å²) in [4.78, 5) is 2.63. The average molecular weight is 219 g/mol. The quantitative estimate of drug-likeness (QED) is 0.730. The predicted molar refractivity (Wildman–Crippen MR) is 65.2 cm³/mol. The first kappa shape index (κ1) is 10.5. The first-order chi connectivity index (χ1) is 7.88. The molecule has 3 aliphatic rings. The monoisotopic (exact) mass is 219 g/mol. The van der Waals surface area contributed by atoms with Crippen molar-refractivity contribution in [2.45, 2.75) is 38.1 Å². The van der Waals surface area contributed by atoms with Crippen LogP contribution in [0.3, 0.4) is 0 Å². The fourth-order valence-corrected chi connectivity index (χ4v) is 3.45. The summed E-state index contributed by atoms with van der Waals surface area (Å²) in [6, 6.07) is 0.617. The van der Waals surface area contributed by atoms with Gasteiger partial charge in [0.15, 0.2) is 0 Å². The van der Waals surface area contributed by atoms with Crippen LogP contribution in [0.1, 0.15) is 32.1 Å². The number of rotatable bonds is 1. The largest absolute Gasteiger partial charge is 0.396 e. The molecule has 0 aromatic heterocycles. The molecule has 2 unspecified atom stereocenters. The van der Waals surface area contributed by atoms with Crippen LogP contribution in [0.4, 0.5) is 0 Å². The molecule has 88 valence electrons. The molecule has 0 radical (unpaired) electrons. The summed E-state index contributed by atoms with van der Waals surface area (Å²) in [6.45, 7) is 2.78. The number of fused-ring (bicyclic) bond motifs is 3. The molecule has 3 rings (SSSR count). The van der Waals surface area contributed by atoms with E-state index >= 15 is 0 Å². The zero-order valence-corrected chi connectivity index (χ0v) is 9.86. The van der Waals surface area contributed by atoms with Crippen molar-refractivity contribution in [2.75, 3.05) is 19.7 Å². The SMILES string of the molecule is OCC1CCN2CCC3=CCCC=C3C2C1. The molecule has 1 aliphatic carbocycles. The molecule has 2 saturated heterocycles. The van der Waals surface area contributed by atoms with Gasteiger partial charge in [0, 0.05) is 19.2 Å². The second-order valence-electron chi connectivity index (χ2n) is 5.34. The maximum Gasteiger partial charge on any atom is 0.0460 e. The number of hydrogen-bond donors (Lipinski definition) is 1. The summed E-state index contributed by atoms with van der Waals surface area (Å²) >= 11 is 0. The Morgan fingerprint density at radius 1 is 1.25 bits per heavy atom. The lowest BCUT2D eigenvalue weighted by atomic mass is 9.79. The molecule has 2 atom stereocenters. The lowest BCUT2D eigenvalue weighted by Crippen LogP contribution is -2.48. The van der Waals surface area contributed by atoms with Crippen LogP contribution in [-0.2, 0) is 0 Å². The maximum absolute atomic E-state index is 9.32. The van der Waals surface area contributed by atoms with Crippen LogP contribution in [0, 0.1) is 5.92 Å². The Hall–Kier alpha value is -0.600. The van der Waals surface area contributed by atoms with Gasteiger partial charge in [-0.3, -0.25) is 4.90 Å². The fourth-order valence-electron chi connectivity index (χ4n) is 3.45. The van der Waals surface area contributed by atoms with Gasteiger partial charge in [-0.25, -0.2) is 0 Å². The molecule has 2 fully saturated rings. The van der Waals surface area contributed by atoms with Crippen LogP contribution in [0.25, 0.3) is 0 Å². The number of aliphatic hydroxyl groups is 1. The lowest BCUT2D eigenvalue weighted by molar-refractivity contribution is 0.0905. The number of allylic oxidation sites excluding steroid dienone is 2. The third-order valence-corrected chi connectivity index (χ3v) is 4.40. The van der Waals surface area contributed by atoms with E-state index in [1.54, 1.807) is 11.1 Å². The molecule has 0 aromatic rings. The van der Waals surface area contributed by atoms with E-state index < -0.39 is 0 Å². The smallest absolute Gasteiger partial charge is 0.0460 e. The Balaban J connectivity index is 1.82. The molecule has 2 nitrogen and oxygen atoms in total. The van der Waals surface area contributed by atoms with Crippen molar-refractivity contribution in [3.05, 3.63) is 23.3 Å². The van der Waals surface area contributed by atoms with E-state index in [1.807, 2.05) is 0 Å². The minimum absolute atomic E-state index is 0.372. The third-order valence-electron chi connectivity index (χ3n) is 4.40. The van der Waals surface area contributed by atoms with Gasteiger partial charge >= 0.3 is 0 Å². The summed E-state index contributed by atoms with van der Waals surface area (Å²) in [7, 11) is 0. The standard InChI is InChI=1S/C14H21NO/c16-10-11-5-7-15-8-6-12-3-1-2-4-13(12)14(15)9-11/h3-4,11,14,16H,1-2,5-10H2. The van der Waals surface area contributed by atoms with Gasteiger partial charge in [-0.15, -0.1) is 0 Å². The second-order valence-corrected chi connectivity index (χ2v) is 5.34. The summed E-state index contributed by atoms with van der Waals surface area (Å²) in [5.74, 6) is 0.531. The molecule has 2 aliphatic heterocycles. The molecular formula is C14H21NO. The minimum atomic E-state index is 0.372. The van der Waals surface area contributed by atoms with Gasteiger partial charge in [0.05, 0.1) is 0 Å². The van der Waals surface area contributed by atoms with Crippen LogP contribution in [0.2, 0.25) is 0 Å². The van der Waals surface area contributed by atoms with Gasteiger partial charge < -0.3 is 5.11 Å². The van der Waals surface area contributed by atoms with E-state index in [1.165, 1.54) is 45.2 Å². The summed E-state index contributed by atoms with van der Waals surface area (Å²) < 4.78 is 0. The topological polar surface area (TPSA) is 23.5 Å². The van der Waals surface area contributed by atoms with E-state index in [2.05, 4.69) is 17.1 Å². The van der Waals surface area contributed by atoms with Crippen LogP contribution >= 0.6 is 0 Å². The van der Waals surface area contributed by atoms with E-state index in [9.17, 15) is 5.11 Å². The molecule has 0 amide bonds.